The Kier molecular flexibility index (Phi) is 6.17. The van der Waals surface area contributed by atoms with Gasteiger partial charge in [-0.2, -0.15) is 5.26 Å². The number of benzene rings is 2. The first-order chi connectivity index (χ1) is 18.2. The fourth-order valence-electron chi connectivity index (χ4n) is 6.09. The molecule has 0 spiro atoms. The van der Waals surface area contributed by atoms with E-state index in [-0.39, 0.29) is 5.91 Å². The SMILES string of the molecule is C=CC(=O)N1CCN(c2nc(N3CCCC3)c(C#N)c3c2CCN(c2cccc4ccccc24)C3)CC1. The molecule has 0 unspecified atom stereocenters. The van der Waals surface area contributed by atoms with Crippen LogP contribution in [0.1, 0.15) is 29.5 Å². The van der Waals surface area contributed by atoms with Crippen LogP contribution in [0.2, 0.25) is 0 Å². The molecule has 0 aliphatic carbocycles. The van der Waals surface area contributed by atoms with E-state index in [1.165, 1.54) is 28.1 Å². The van der Waals surface area contributed by atoms with Crippen LogP contribution in [0.25, 0.3) is 10.8 Å². The minimum Gasteiger partial charge on any atom is -0.366 e. The lowest BCUT2D eigenvalue weighted by molar-refractivity contribution is -0.126. The fourth-order valence-corrected chi connectivity index (χ4v) is 6.09. The monoisotopic (exact) mass is 492 g/mol. The number of anilines is 3. The van der Waals surface area contributed by atoms with Crippen molar-refractivity contribution in [3.05, 3.63) is 71.8 Å². The Morgan fingerprint density at radius 2 is 1.59 bits per heavy atom. The molecule has 3 aromatic rings. The first kappa shape index (κ1) is 23.4. The number of fused-ring (bicyclic) bond motifs is 2. The number of pyridine rings is 1. The van der Waals surface area contributed by atoms with E-state index in [1.807, 2.05) is 4.90 Å². The van der Waals surface area contributed by atoms with Gasteiger partial charge in [0.05, 0.1) is 5.56 Å². The Labute approximate surface area is 218 Å². The summed E-state index contributed by atoms with van der Waals surface area (Å²) >= 11 is 0. The molecule has 4 heterocycles. The van der Waals surface area contributed by atoms with Gasteiger partial charge in [0.15, 0.2) is 0 Å². The van der Waals surface area contributed by atoms with Gasteiger partial charge in [-0.15, -0.1) is 0 Å². The average Bonchev–Trinajstić information content (AvgIpc) is 3.50. The minimum absolute atomic E-state index is 0.0158. The normalized spacial score (nSPS) is 17.6. The van der Waals surface area contributed by atoms with Crippen molar-refractivity contribution >= 4 is 34.0 Å². The topological polar surface area (TPSA) is 66.7 Å². The molecule has 7 nitrogen and oxygen atoms in total. The van der Waals surface area contributed by atoms with Crippen molar-refractivity contribution in [2.45, 2.75) is 25.8 Å². The number of rotatable bonds is 4. The second kappa shape index (κ2) is 9.78. The van der Waals surface area contributed by atoms with E-state index in [2.05, 4.69) is 69.8 Å². The zero-order valence-corrected chi connectivity index (χ0v) is 21.2. The molecule has 37 heavy (non-hydrogen) atoms. The average molecular weight is 493 g/mol. The van der Waals surface area contributed by atoms with E-state index in [1.54, 1.807) is 0 Å². The summed E-state index contributed by atoms with van der Waals surface area (Å²) in [6.07, 6.45) is 4.49. The van der Waals surface area contributed by atoms with Crippen LogP contribution in [0.3, 0.4) is 0 Å². The molecule has 3 aliphatic rings. The third-order valence-electron chi connectivity index (χ3n) is 8.04. The Morgan fingerprint density at radius 1 is 0.865 bits per heavy atom. The van der Waals surface area contributed by atoms with Crippen molar-refractivity contribution in [2.24, 2.45) is 0 Å². The number of nitrogens with zero attached hydrogens (tertiary/aromatic N) is 6. The maximum atomic E-state index is 12.1. The summed E-state index contributed by atoms with van der Waals surface area (Å²) in [6, 6.07) is 17.5. The van der Waals surface area contributed by atoms with Crippen molar-refractivity contribution < 1.29 is 4.79 Å². The number of nitriles is 1. The summed E-state index contributed by atoms with van der Waals surface area (Å²) in [7, 11) is 0. The van der Waals surface area contributed by atoms with Crippen LogP contribution in [-0.4, -0.2) is 61.6 Å². The Hall–Kier alpha value is -4.05. The quantitative estimate of drug-likeness (QED) is 0.511. The number of piperazine rings is 1. The number of aromatic nitrogens is 1. The Morgan fingerprint density at radius 3 is 2.35 bits per heavy atom. The molecule has 6 rings (SSSR count). The predicted octanol–water partition coefficient (Wildman–Crippen LogP) is 4.10. The number of amides is 1. The lowest BCUT2D eigenvalue weighted by atomic mass is 9.94. The summed E-state index contributed by atoms with van der Waals surface area (Å²) in [6.45, 7) is 9.86. The third kappa shape index (κ3) is 4.17. The van der Waals surface area contributed by atoms with E-state index in [0.717, 1.165) is 74.7 Å². The zero-order chi connectivity index (χ0) is 25.4. The van der Waals surface area contributed by atoms with Gasteiger partial charge in [-0.3, -0.25) is 4.79 Å². The Bertz CT molecular complexity index is 1390. The highest BCUT2D eigenvalue weighted by Crippen LogP contribution is 2.39. The molecule has 1 aromatic heterocycles. The number of hydrogen-bond donors (Lipinski definition) is 0. The fraction of sp³-hybridized carbons (Fsp3) is 0.367. The maximum Gasteiger partial charge on any atom is 0.246 e. The van der Waals surface area contributed by atoms with E-state index < -0.39 is 0 Å². The van der Waals surface area contributed by atoms with Crippen LogP contribution >= 0.6 is 0 Å². The standard InChI is InChI=1S/C30H32N6O/c1-2-28(37)33-16-18-35(19-17-33)29-24-12-15-36(27-11-7-9-22-8-3-4-10-23(22)27)21-26(24)25(20-31)30(32-29)34-13-5-6-14-34/h2-4,7-11H,1,5-6,12-19,21H2. The van der Waals surface area contributed by atoms with Gasteiger partial charge in [0, 0.05) is 69.0 Å². The number of carbonyl (C=O) groups excluding carboxylic acids is 1. The molecular formula is C30H32N6O. The third-order valence-corrected chi connectivity index (χ3v) is 8.04. The van der Waals surface area contributed by atoms with Gasteiger partial charge in [0.25, 0.3) is 0 Å². The molecule has 188 valence electrons. The van der Waals surface area contributed by atoms with Gasteiger partial charge in [0.1, 0.15) is 17.7 Å². The minimum atomic E-state index is -0.0158. The van der Waals surface area contributed by atoms with Crippen molar-refractivity contribution in [1.82, 2.24) is 9.88 Å². The van der Waals surface area contributed by atoms with Crippen molar-refractivity contribution in [3.63, 3.8) is 0 Å². The van der Waals surface area contributed by atoms with Crippen LogP contribution in [0, 0.1) is 11.3 Å². The van der Waals surface area contributed by atoms with Crippen LogP contribution in [-0.2, 0) is 17.8 Å². The summed E-state index contributed by atoms with van der Waals surface area (Å²) in [4.78, 5) is 26.2. The number of carbonyl (C=O) groups is 1. The highest BCUT2D eigenvalue weighted by Gasteiger charge is 2.32. The predicted molar refractivity (Wildman–Crippen MR) is 148 cm³/mol. The molecule has 0 bridgehead atoms. The lowest BCUT2D eigenvalue weighted by Gasteiger charge is -2.39. The Balaban J connectivity index is 1.41. The molecule has 2 fully saturated rings. The van der Waals surface area contributed by atoms with E-state index >= 15 is 0 Å². The van der Waals surface area contributed by atoms with Crippen molar-refractivity contribution in [1.29, 1.82) is 5.26 Å². The molecule has 0 saturated carbocycles. The largest absolute Gasteiger partial charge is 0.366 e. The molecular weight excluding hydrogens is 460 g/mol. The lowest BCUT2D eigenvalue weighted by Crippen LogP contribution is -2.49. The smallest absolute Gasteiger partial charge is 0.246 e. The molecule has 2 saturated heterocycles. The molecule has 2 aromatic carbocycles. The second-order valence-electron chi connectivity index (χ2n) is 10.1. The first-order valence-corrected chi connectivity index (χ1v) is 13.3. The summed E-state index contributed by atoms with van der Waals surface area (Å²) < 4.78 is 0. The molecule has 0 N–H and O–H groups in total. The summed E-state index contributed by atoms with van der Waals surface area (Å²) in [5, 5.41) is 12.9. The van der Waals surface area contributed by atoms with Crippen LogP contribution in [0.5, 0.6) is 0 Å². The van der Waals surface area contributed by atoms with Crippen molar-refractivity contribution in [2.75, 3.05) is 60.5 Å². The highest BCUT2D eigenvalue weighted by atomic mass is 16.2. The van der Waals surface area contributed by atoms with E-state index in [0.29, 0.717) is 19.6 Å². The molecule has 3 aliphatic heterocycles. The van der Waals surface area contributed by atoms with E-state index in [4.69, 9.17) is 4.98 Å². The second-order valence-corrected chi connectivity index (χ2v) is 10.1. The molecule has 7 heteroatoms. The molecule has 0 radical (unpaired) electrons. The van der Waals surface area contributed by atoms with E-state index in [9.17, 15) is 10.1 Å². The van der Waals surface area contributed by atoms with Gasteiger partial charge in [-0.1, -0.05) is 43.0 Å². The number of hydrogen-bond acceptors (Lipinski definition) is 6. The van der Waals surface area contributed by atoms with Gasteiger partial charge in [0.2, 0.25) is 5.91 Å². The van der Waals surface area contributed by atoms with Gasteiger partial charge >= 0.3 is 0 Å². The molecule has 0 atom stereocenters. The summed E-state index contributed by atoms with van der Waals surface area (Å²) in [5.41, 5.74) is 4.24. The van der Waals surface area contributed by atoms with Gasteiger partial charge in [-0.05, 0) is 42.4 Å². The first-order valence-electron chi connectivity index (χ1n) is 13.3. The zero-order valence-electron chi connectivity index (χ0n) is 21.2. The van der Waals surface area contributed by atoms with Gasteiger partial charge < -0.3 is 19.6 Å². The van der Waals surface area contributed by atoms with Crippen LogP contribution in [0.15, 0.2) is 55.1 Å². The van der Waals surface area contributed by atoms with Gasteiger partial charge in [-0.25, -0.2) is 4.98 Å². The summed E-state index contributed by atoms with van der Waals surface area (Å²) in [5.74, 6) is 1.82. The maximum absolute atomic E-state index is 12.1. The molecule has 1 amide bonds. The van der Waals surface area contributed by atoms with Crippen LogP contribution in [0.4, 0.5) is 17.3 Å². The van der Waals surface area contributed by atoms with Crippen molar-refractivity contribution in [3.8, 4) is 6.07 Å². The van der Waals surface area contributed by atoms with Crippen LogP contribution < -0.4 is 14.7 Å². The highest BCUT2D eigenvalue weighted by molar-refractivity contribution is 5.94.